The van der Waals surface area contributed by atoms with Gasteiger partial charge < -0.3 is 19.3 Å². The van der Waals surface area contributed by atoms with Crippen molar-refractivity contribution in [1.82, 2.24) is 4.57 Å². The molecular formula is C42H47N2O10S2+. The van der Waals surface area contributed by atoms with Crippen LogP contribution in [0.1, 0.15) is 53.9 Å². The highest BCUT2D eigenvalue weighted by atomic mass is 32.2. The number of nitrogens with zero attached hydrogens (tertiary/aromatic N) is 1. The number of likely N-dealkylation sites (tertiary alicyclic amines) is 1. The van der Waals surface area contributed by atoms with Gasteiger partial charge in [0.05, 0.1) is 23.5 Å². The van der Waals surface area contributed by atoms with Gasteiger partial charge in [-0.1, -0.05) is 61.6 Å². The van der Waals surface area contributed by atoms with Crippen LogP contribution in [0.3, 0.4) is 0 Å². The minimum absolute atomic E-state index is 0.0102. The highest BCUT2D eigenvalue weighted by Gasteiger charge is 2.59. The number of esters is 1. The first-order valence-corrected chi connectivity index (χ1v) is 21.7. The van der Waals surface area contributed by atoms with Gasteiger partial charge in [-0.3, -0.25) is 18.7 Å². The molecule has 4 aliphatic rings. The average Bonchev–Trinajstić information content (AvgIpc) is 3.57. The summed E-state index contributed by atoms with van der Waals surface area (Å²) in [6, 6.07) is 7.99. The van der Waals surface area contributed by atoms with E-state index in [-0.39, 0.29) is 41.3 Å². The number of quaternary nitrogens is 1. The SMILES string of the molecule is CCOC(=O)C1(C(=O)O)CC(C=CC2C3=CC=CC4=C(S(=O)(=O)O)C=CC([NH+]2CC)C34C)=CC(C)(CC=c2c3cccc4c(S(=O)(=O)O)ccc(c43)n2CC)C1. The Hall–Kier alpha value is -4.60. The maximum Gasteiger partial charge on any atom is 0.323 e. The predicted octanol–water partition coefficient (Wildman–Crippen LogP) is 4.74. The van der Waals surface area contributed by atoms with Crippen LogP contribution >= 0.6 is 0 Å². The molecule has 0 spiro atoms. The molecule has 1 fully saturated rings. The number of hydrogen-bond acceptors (Lipinski definition) is 7. The largest absolute Gasteiger partial charge is 0.480 e. The summed E-state index contributed by atoms with van der Waals surface area (Å²) in [7, 11) is -8.98. The molecule has 2 heterocycles. The second-order valence-electron chi connectivity index (χ2n) is 15.7. The van der Waals surface area contributed by atoms with Crippen molar-refractivity contribution < 1.29 is 50.3 Å². The van der Waals surface area contributed by atoms with Crippen molar-refractivity contribution in [3.8, 4) is 0 Å². The molecule has 7 rings (SSSR count). The molecule has 0 amide bonds. The normalized spacial score (nSPS) is 29.3. The predicted molar refractivity (Wildman–Crippen MR) is 213 cm³/mol. The first-order valence-electron chi connectivity index (χ1n) is 18.8. The van der Waals surface area contributed by atoms with E-state index in [0.717, 1.165) is 26.7 Å². The quantitative estimate of drug-likeness (QED) is 0.120. The number of carbonyl (C=O) groups is 2. The summed E-state index contributed by atoms with van der Waals surface area (Å²) in [5, 5.41) is 13.5. The molecule has 0 radical (unpaired) electrons. The number of ether oxygens (including phenoxy) is 1. The molecule has 2 aromatic carbocycles. The van der Waals surface area contributed by atoms with E-state index >= 15 is 0 Å². The molecule has 4 N–H and O–H groups in total. The van der Waals surface area contributed by atoms with E-state index in [2.05, 4.69) is 4.57 Å². The number of allylic oxidation sites excluding steroid dienone is 7. The number of benzene rings is 2. The Kier molecular flexibility index (Phi) is 9.77. The van der Waals surface area contributed by atoms with Gasteiger partial charge in [-0.2, -0.15) is 16.8 Å². The minimum Gasteiger partial charge on any atom is -0.480 e. The molecule has 1 aliphatic heterocycles. The minimum atomic E-state index is -4.50. The molecule has 3 aromatic rings. The summed E-state index contributed by atoms with van der Waals surface area (Å²) in [4.78, 5) is 27.8. The maximum atomic E-state index is 13.7. The van der Waals surface area contributed by atoms with Gasteiger partial charge in [0.25, 0.3) is 20.2 Å². The van der Waals surface area contributed by atoms with Crippen LogP contribution in [-0.2, 0) is 41.1 Å². The molecule has 56 heavy (non-hydrogen) atoms. The fraction of sp³-hybridized carbons (Fsp3) is 0.381. The van der Waals surface area contributed by atoms with Crippen LogP contribution in [0.25, 0.3) is 27.8 Å². The van der Waals surface area contributed by atoms with Crippen LogP contribution in [0.5, 0.6) is 0 Å². The van der Waals surface area contributed by atoms with Crippen molar-refractivity contribution in [2.45, 2.75) is 77.4 Å². The maximum absolute atomic E-state index is 13.7. The number of hydrogen-bond donors (Lipinski definition) is 4. The van der Waals surface area contributed by atoms with E-state index in [4.69, 9.17) is 4.74 Å². The van der Waals surface area contributed by atoms with Gasteiger partial charge in [-0.15, -0.1) is 0 Å². The van der Waals surface area contributed by atoms with Gasteiger partial charge in [-0.25, -0.2) is 0 Å². The Morgan fingerprint density at radius 2 is 1.75 bits per heavy atom. The lowest BCUT2D eigenvalue weighted by Crippen LogP contribution is -3.17. The number of aliphatic carboxylic acids is 1. The van der Waals surface area contributed by atoms with E-state index in [9.17, 15) is 40.6 Å². The van der Waals surface area contributed by atoms with Gasteiger partial charge in [0, 0.05) is 39.1 Å². The van der Waals surface area contributed by atoms with E-state index in [1.807, 2.05) is 70.2 Å². The van der Waals surface area contributed by atoms with Crippen molar-refractivity contribution in [2.75, 3.05) is 13.2 Å². The van der Waals surface area contributed by atoms with Crippen LogP contribution in [0.4, 0.5) is 0 Å². The third-order valence-corrected chi connectivity index (χ3v) is 14.2. The molecule has 296 valence electrons. The number of carboxylic acids is 1. The zero-order valence-electron chi connectivity index (χ0n) is 31.9. The summed E-state index contributed by atoms with van der Waals surface area (Å²) < 4.78 is 77.0. The fourth-order valence-corrected chi connectivity index (χ4v) is 11.6. The molecule has 1 aromatic heterocycles. The summed E-state index contributed by atoms with van der Waals surface area (Å²) in [5.41, 5.74) is -0.549. The van der Waals surface area contributed by atoms with Crippen molar-refractivity contribution in [3.05, 3.63) is 106 Å². The highest BCUT2D eigenvalue weighted by molar-refractivity contribution is 7.90. The average molecular weight is 804 g/mol. The van der Waals surface area contributed by atoms with Crippen LogP contribution in [0.15, 0.2) is 105 Å². The lowest BCUT2D eigenvalue weighted by molar-refractivity contribution is -0.922. The molecule has 14 heteroatoms. The van der Waals surface area contributed by atoms with E-state index < -0.39 is 48.4 Å². The van der Waals surface area contributed by atoms with Crippen LogP contribution < -0.4 is 10.2 Å². The summed E-state index contributed by atoms with van der Waals surface area (Å²) in [6.07, 6.45) is 17.0. The first kappa shape index (κ1) is 39.6. The Labute approximate surface area is 326 Å². The van der Waals surface area contributed by atoms with Crippen molar-refractivity contribution in [1.29, 1.82) is 0 Å². The van der Waals surface area contributed by atoms with E-state index in [0.29, 0.717) is 41.4 Å². The zero-order valence-corrected chi connectivity index (χ0v) is 33.6. The third-order valence-electron chi connectivity index (χ3n) is 12.4. The Morgan fingerprint density at radius 1 is 1.02 bits per heavy atom. The lowest BCUT2D eigenvalue weighted by Gasteiger charge is -2.40. The van der Waals surface area contributed by atoms with Gasteiger partial charge in [0.1, 0.15) is 17.0 Å². The van der Waals surface area contributed by atoms with Gasteiger partial charge in [0.15, 0.2) is 5.41 Å². The number of aromatic nitrogens is 1. The summed E-state index contributed by atoms with van der Waals surface area (Å²) in [5.74, 6) is -2.09. The highest BCUT2D eigenvalue weighted by Crippen LogP contribution is 2.52. The second kappa shape index (κ2) is 13.8. The number of rotatable bonds is 11. The number of aryl methyl sites for hydroxylation is 1. The molecule has 1 saturated heterocycles. The van der Waals surface area contributed by atoms with E-state index in [1.165, 1.54) is 12.1 Å². The molecule has 6 unspecified atom stereocenters. The van der Waals surface area contributed by atoms with Gasteiger partial charge in [0.2, 0.25) is 0 Å². The lowest BCUT2D eigenvalue weighted by atomic mass is 9.62. The van der Waals surface area contributed by atoms with Gasteiger partial charge in [-0.05, 0) is 93.9 Å². The molecule has 0 saturated carbocycles. The molecule has 3 aliphatic carbocycles. The van der Waals surface area contributed by atoms with E-state index in [1.54, 1.807) is 37.3 Å². The molecule has 12 nitrogen and oxygen atoms in total. The molecular weight excluding hydrogens is 757 g/mol. The summed E-state index contributed by atoms with van der Waals surface area (Å²) >= 11 is 0. The van der Waals surface area contributed by atoms with Gasteiger partial charge >= 0.3 is 11.9 Å². The Balaban J connectivity index is 1.34. The van der Waals surface area contributed by atoms with Crippen molar-refractivity contribution >= 4 is 59.9 Å². The Bertz CT molecular complexity index is 2660. The summed E-state index contributed by atoms with van der Waals surface area (Å²) in [6.45, 7) is 10.8. The topological polar surface area (TPSA) is 182 Å². The van der Waals surface area contributed by atoms with Crippen LogP contribution in [0.2, 0.25) is 0 Å². The van der Waals surface area contributed by atoms with Crippen LogP contribution in [-0.4, -0.2) is 72.8 Å². The van der Waals surface area contributed by atoms with Crippen LogP contribution in [0, 0.1) is 16.2 Å². The molecule has 6 atom stereocenters. The zero-order chi connectivity index (χ0) is 40.6. The number of carbonyl (C=O) groups excluding carboxylic acids is 1. The number of likely N-dealkylation sites (N-methyl/N-ethyl adjacent to an activating group) is 1. The second-order valence-corrected chi connectivity index (χ2v) is 18.5. The van der Waals surface area contributed by atoms with Crippen molar-refractivity contribution in [2.24, 2.45) is 16.2 Å². The first-order chi connectivity index (χ1) is 26.3. The Morgan fingerprint density at radius 3 is 2.39 bits per heavy atom. The van der Waals surface area contributed by atoms with Crippen molar-refractivity contribution in [3.63, 3.8) is 0 Å². The smallest absolute Gasteiger partial charge is 0.323 e. The number of nitrogens with one attached hydrogen (secondary N) is 1. The third kappa shape index (κ3) is 6.13. The number of carboxylic acid groups (broad SMARTS) is 1. The fourth-order valence-electron chi connectivity index (χ4n) is 10.1. The standard InChI is InChI=1S/C42H46N2O10S2/c1-6-43-31(27-11-9-12-28-34(55(48,49)50)18-17-33(43)37(27)28)21-22-40(4)23-26(24-42(25-40,38(45)46)39(47)54-8-3)15-16-32-29-13-10-14-30-35(56(51,52)53)19-20-36(41(29,30)5)44(32)7-2/h9-21,23,32,36H,6-8,22,24-25H2,1-5H3,(H,45,46)(H,48,49,50)(H,51,52,53)/p+1. The monoisotopic (exact) mass is 803 g/mol. The molecule has 0 bridgehead atoms.